The van der Waals surface area contributed by atoms with Crippen molar-refractivity contribution in [1.82, 2.24) is 14.3 Å². The van der Waals surface area contributed by atoms with Gasteiger partial charge in [0, 0.05) is 30.3 Å². The van der Waals surface area contributed by atoms with Gasteiger partial charge in [0.05, 0.1) is 28.5 Å². The molecule has 6 heteroatoms. The number of aromatic nitrogens is 3. The Morgan fingerprint density at radius 2 is 1.90 bits per heavy atom. The van der Waals surface area contributed by atoms with Crippen molar-refractivity contribution in [3.63, 3.8) is 0 Å². The van der Waals surface area contributed by atoms with Gasteiger partial charge in [-0.15, -0.1) is 0 Å². The highest BCUT2D eigenvalue weighted by Gasteiger charge is 2.26. The fourth-order valence-electron chi connectivity index (χ4n) is 3.93. The molecule has 5 rings (SSSR count). The Kier molecular flexibility index (Phi) is 4.68. The lowest BCUT2D eigenvalue weighted by atomic mass is 10.1. The van der Waals surface area contributed by atoms with Gasteiger partial charge in [0.1, 0.15) is 0 Å². The molecule has 5 nitrogen and oxygen atoms in total. The van der Waals surface area contributed by atoms with Gasteiger partial charge in [0.15, 0.2) is 0 Å². The minimum Gasteiger partial charge on any atom is -0.345 e. The van der Waals surface area contributed by atoms with Crippen LogP contribution in [0.4, 0.5) is 5.69 Å². The number of aryl methyl sites for hydroxylation is 1. The molecule has 3 heterocycles. The number of carbonyl (C=O) groups is 1. The van der Waals surface area contributed by atoms with Gasteiger partial charge in [-0.05, 0) is 54.4 Å². The molecule has 0 fully saturated rings. The summed E-state index contributed by atoms with van der Waals surface area (Å²) >= 11 is 6.59. The first-order chi connectivity index (χ1) is 14.6. The van der Waals surface area contributed by atoms with E-state index < -0.39 is 0 Å². The van der Waals surface area contributed by atoms with Crippen LogP contribution in [0.2, 0.25) is 5.02 Å². The molecule has 4 aromatic rings. The number of amides is 1. The molecule has 1 amide bonds. The fraction of sp³-hybridized carbons (Fsp3) is 0.167. The van der Waals surface area contributed by atoms with Crippen LogP contribution in [0.1, 0.15) is 34.2 Å². The van der Waals surface area contributed by atoms with Crippen LogP contribution in [0.15, 0.2) is 73.1 Å². The van der Waals surface area contributed by atoms with Crippen molar-refractivity contribution in [2.45, 2.75) is 26.4 Å². The summed E-state index contributed by atoms with van der Waals surface area (Å²) in [6.45, 7) is 3.31. The van der Waals surface area contributed by atoms with Gasteiger partial charge in [0.25, 0.3) is 5.91 Å². The van der Waals surface area contributed by atoms with Crippen molar-refractivity contribution in [1.29, 1.82) is 0 Å². The lowest BCUT2D eigenvalue weighted by Crippen LogP contribution is -2.30. The third-order valence-electron chi connectivity index (χ3n) is 5.57. The monoisotopic (exact) mass is 416 g/mol. The number of rotatable bonds is 3. The van der Waals surface area contributed by atoms with E-state index >= 15 is 0 Å². The third-order valence-corrected chi connectivity index (χ3v) is 5.88. The maximum atomic E-state index is 13.6. The molecule has 0 unspecified atom stereocenters. The van der Waals surface area contributed by atoms with Gasteiger partial charge in [-0.25, -0.2) is 4.68 Å². The molecular formula is C24H21ClN4O. The van der Waals surface area contributed by atoms with Crippen molar-refractivity contribution in [2.24, 2.45) is 0 Å². The van der Waals surface area contributed by atoms with Crippen LogP contribution in [0.5, 0.6) is 0 Å². The normalized spacial score (nSPS) is 12.9. The summed E-state index contributed by atoms with van der Waals surface area (Å²) in [4.78, 5) is 15.4. The lowest BCUT2D eigenvalue weighted by Gasteiger charge is -2.23. The summed E-state index contributed by atoms with van der Waals surface area (Å²) in [5.74, 6) is -0.108. The predicted molar refractivity (Wildman–Crippen MR) is 118 cm³/mol. The Hall–Kier alpha value is -3.31. The topological polar surface area (TPSA) is 43.1 Å². The number of nitrogens with zero attached hydrogens (tertiary/aromatic N) is 4. The van der Waals surface area contributed by atoms with Crippen molar-refractivity contribution in [3.8, 4) is 5.69 Å². The molecule has 0 spiro atoms. The molecule has 1 aliphatic heterocycles. The molecule has 0 saturated carbocycles. The Morgan fingerprint density at radius 1 is 1.03 bits per heavy atom. The molecule has 0 bridgehead atoms. The molecule has 2 aromatic heterocycles. The highest BCUT2D eigenvalue weighted by molar-refractivity contribution is 6.34. The van der Waals surface area contributed by atoms with Gasteiger partial charge in [-0.1, -0.05) is 36.7 Å². The molecule has 0 radical (unpaired) electrons. The van der Waals surface area contributed by atoms with E-state index in [9.17, 15) is 4.79 Å². The quantitative estimate of drug-likeness (QED) is 0.466. The van der Waals surface area contributed by atoms with Gasteiger partial charge in [-0.2, -0.15) is 5.10 Å². The average molecular weight is 417 g/mol. The number of halogens is 1. The van der Waals surface area contributed by atoms with Gasteiger partial charge in [0.2, 0.25) is 0 Å². The molecule has 2 aromatic carbocycles. The van der Waals surface area contributed by atoms with Crippen molar-refractivity contribution in [2.75, 3.05) is 4.90 Å². The van der Waals surface area contributed by atoms with E-state index in [1.807, 2.05) is 47.5 Å². The summed E-state index contributed by atoms with van der Waals surface area (Å²) in [5, 5.41) is 4.95. The van der Waals surface area contributed by atoms with E-state index in [1.54, 1.807) is 16.8 Å². The maximum absolute atomic E-state index is 13.6. The van der Waals surface area contributed by atoms with Gasteiger partial charge >= 0.3 is 0 Å². The van der Waals surface area contributed by atoms with E-state index in [1.165, 1.54) is 0 Å². The molecule has 0 N–H and O–H groups in total. The van der Waals surface area contributed by atoms with Crippen LogP contribution < -0.4 is 4.90 Å². The second-order valence-corrected chi connectivity index (χ2v) is 7.82. The molecule has 0 atom stereocenters. The van der Waals surface area contributed by atoms with Crippen LogP contribution in [0.3, 0.4) is 0 Å². The minimum absolute atomic E-state index is 0.108. The number of hydrogen-bond acceptors (Lipinski definition) is 2. The zero-order chi connectivity index (χ0) is 20.7. The second-order valence-electron chi connectivity index (χ2n) is 7.42. The smallest absolute Gasteiger partial charge is 0.260 e. The average Bonchev–Trinajstić information content (AvgIpc) is 3.39. The molecule has 0 aliphatic carbocycles. The largest absolute Gasteiger partial charge is 0.345 e. The first kappa shape index (κ1) is 18.7. The predicted octanol–water partition coefficient (Wildman–Crippen LogP) is 5.10. The number of benzene rings is 2. The van der Waals surface area contributed by atoms with Crippen molar-refractivity contribution in [3.05, 3.63) is 101 Å². The number of carbonyl (C=O) groups excluding carboxylic acids is 1. The highest BCUT2D eigenvalue weighted by atomic mass is 35.5. The van der Waals surface area contributed by atoms with Crippen LogP contribution >= 0.6 is 11.6 Å². The molecule has 0 saturated heterocycles. The van der Waals surface area contributed by atoms with Crippen molar-refractivity contribution >= 4 is 23.2 Å². The van der Waals surface area contributed by atoms with Crippen LogP contribution in [0.25, 0.3) is 5.69 Å². The molecule has 1 aliphatic rings. The molecular weight excluding hydrogens is 396 g/mol. The zero-order valence-corrected chi connectivity index (χ0v) is 17.4. The Labute approximate surface area is 180 Å². The van der Waals surface area contributed by atoms with E-state index in [4.69, 9.17) is 11.6 Å². The number of anilines is 1. The lowest BCUT2D eigenvalue weighted by molar-refractivity contribution is 0.0985. The minimum atomic E-state index is -0.108. The maximum Gasteiger partial charge on any atom is 0.260 e. The number of fused-ring (bicyclic) bond motifs is 2. The second kappa shape index (κ2) is 7.50. The summed E-state index contributed by atoms with van der Waals surface area (Å²) < 4.78 is 3.97. The fourth-order valence-corrected chi connectivity index (χ4v) is 4.18. The zero-order valence-electron chi connectivity index (χ0n) is 16.6. The Bertz CT molecular complexity index is 1240. The van der Waals surface area contributed by atoms with Gasteiger partial charge in [-0.3, -0.25) is 4.79 Å². The van der Waals surface area contributed by atoms with Gasteiger partial charge < -0.3 is 9.47 Å². The van der Waals surface area contributed by atoms with E-state index in [2.05, 4.69) is 34.9 Å². The van der Waals surface area contributed by atoms with E-state index in [0.29, 0.717) is 17.1 Å². The standard InChI is InChI=1S/C24H21ClN4O/c1-2-18-11-13-29(26-18)19-9-10-21(22(25)14-19)24(30)28-16-20-7-5-12-27(20)15-17-6-3-4-8-23(17)28/h3-14H,2,15-16H2,1H3. The molecule has 150 valence electrons. The Balaban J connectivity index is 1.52. The highest BCUT2D eigenvalue weighted by Crippen LogP contribution is 2.31. The van der Waals surface area contributed by atoms with E-state index in [0.717, 1.165) is 41.3 Å². The van der Waals surface area contributed by atoms with E-state index in [-0.39, 0.29) is 5.91 Å². The third kappa shape index (κ3) is 3.21. The first-order valence-corrected chi connectivity index (χ1v) is 10.4. The number of para-hydroxylation sites is 1. The Morgan fingerprint density at radius 3 is 2.70 bits per heavy atom. The number of hydrogen-bond donors (Lipinski definition) is 0. The summed E-state index contributed by atoms with van der Waals surface area (Å²) in [6, 6.07) is 19.6. The van der Waals surface area contributed by atoms with Crippen LogP contribution in [-0.2, 0) is 19.5 Å². The summed E-state index contributed by atoms with van der Waals surface area (Å²) in [6.07, 6.45) is 4.83. The SMILES string of the molecule is CCc1ccn(-c2ccc(C(=O)N3Cc4cccn4Cc4ccccc43)c(Cl)c2)n1. The van der Waals surface area contributed by atoms with Crippen LogP contribution in [-0.4, -0.2) is 20.3 Å². The van der Waals surface area contributed by atoms with Crippen LogP contribution in [0, 0.1) is 0 Å². The summed E-state index contributed by atoms with van der Waals surface area (Å²) in [5.41, 5.74) is 5.45. The molecule has 30 heavy (non-hydrogen) atoms. The first-order valence-electron chi connectivity index (χ1n) is 10.0. The summed E-state index contributed by atoms with van der Waals surface area (Å²) in [7, 11) is 0. The van der Waals surface area contributed by atoms with Crippen molar-refractivity contribution < 1.29 is 4.79 Å².